The number of amides is 1. The molecule has 14 heavy (non-hydrogen) atoms. The summed E-state index contributed by atoms with van der Waals surface area (Å²) in [5.74, 6) is -0.0657. The third-order valence-electron chi connectivity index (χ3n) is 1.86. The van der Waals surface area contributed by atoms with E-state index in [1.807, 2.05) is 14.0 Å². The number of halogens is 1. The molecule has 0 fully saturated rings. The van der Waals surface area contributed by atoms with Crippen LogP contribution in [0.4, 0.5) is 0 Å². The van der Waals surface area contributed by atoms with E-state index in [-0.39, 0.29) is 11.9 Å². The van der Waals surface area contributed by atoms with Gasteiger partial charge in [0.15, 0.2) is 0 Å². The van der Waals surface area contributed by atoms with Crippen molar-refractivity contribution in [2.24, 2.45) is 0 Å². The molecule has 0 aliphatic carbocycles. The predicted octanol–water partition coefficient (Wildman–Crippen LogP) is 1.74. The highest BCUT2D eigenvalue weighted by Crippen LogP contribution is 2.20. The summed E-state index contributed by atoms with van der Waals surface area (Å²) in [5.41, 5.74) is 0. The van der Waals surface area contributed by atoms with Gasteiger partial charge in [-0.05, 0) is 26.1 Å². The zero-order valence-electron chi connectivity index (χ0n) is 8.13. The van der Waals surface area contributed by atoms with Crippen LogP contribution in [-0.2, 0) is 0 Å². The fourth-order valence-corrected chi connectivity index (χ4v) is 1.83. The second kappa shape index (κ2) is 5.34. The monoisotopic (exact) mass is 232 g/mol. The molecule has 0 aliphatic rings. The van der Waals surface area contributed by atoms with E-state index >= 15 is 0 Å². The van der Waals surface area contributed by atoms with Gasteiger partial charge in [0.2, 0.25) is 0 Å². The number of hydrogen-bond donors (Lipinski definition) is 2. The summed E-state index contributed by atoms with van der Waals surface area (Å²) in [5, 5.41) is 5.85. The van der Waals surface area contributed by atoms with E-state index in [9.17, 15) is 4.79 Å². The van der Waals surface area contributed by atoms with E-state index in [1.165, 1.54) is 11.3 Å². The topological polar surface area (TPSA) is 41.1 Å². The molecule has 1 amide bonds. The van der Waals surface area contributed by atoms with Crippen LogP contribution < -0.4 is 10.6 Å². The number of hydrogen-bond acceptors (Lipinski definition) is 3. The van der Waals surface area contributed by atoms with Crippen molar-refractivity contribution in [1.82, 2.24) is 10.6 Å². The predicted molar refractivity (Wildman–Crippen MR) is 60.2 cm³/mol. The quantitative estimate of drug-likeness (QED) is 0.831. The lowest BCUT2D eigenvalue weighted by Crippen LogP contribution is -2.36. The Kier molecular flexibility index (Phi) is 4.38. The summed E-state index contributed by atoms with van der Waals surface area (Å²) < 4.78 is 0.636. The molecule has 0 radical (unpaired) electrons. The first-order valence-electron chi connectivity index (χ1n) is 4.34. The SMILES string of the molecule is CNC(C)CNC(=O)c1ccc(Cl)s1. The molecule has 0 bridgehead atoms. The Labute approximate surface area is 92.5 Å². The van der Waals surface area contributed by atoms with Gasteiger partial charge in [-0.3, -0.25) is 4.79 Å². The fraction of sp³-hybridized carbons (Fsp3) is 0.444. The lowest BCUT2D eigenvalue weighted by molar-refractivity contribution is 0.0954. The highest BCUT2D eigenvalue weighted by Gasteiger charge is 2.08. The molecule has 1 unspecified atom stereocenters. The minimum atomic E-state index is -0.0657. The zero-order valence-corrected chi connectivity index (χ0v) is 9.71. The maximum Gasteiger partial charge on any atom is 0.261 e. The average Bonchev–Trinajstić information content (AvgIpc) is 2.60. The summed E-state index contributed by atoms with van der Waals surface area (Å²) in [6.07, 6.45) is 0. The molecule has 0 saturated carbocycles. The van der Waals surface area contributed by atoms with E-state index in [0.29, 0.717) is 15.8 Å². The molecule has 1 heterocycles. The number of rotatable bonds is 4. The highest BCUT2D eigenvalue weighted by atomic mass is 35.5. The number of thiophene rings is 1. The van der Waals surface area contributed by atoms with Crippen molar-refractivity contribution < 1.29 is 4.79 Å². The summed E-state index contributed by atoms with van der Waals surface area (Å²) in [4.78, 5) is 12.1. The van der Waals surface area contributed by atoms with Crippen LogP contribution in [0.2, 0.25) is 4.34 Å². The van der Waals surface area contributed by atoms with Crippen molar-refractivity contribution in [3.8, 4) is 0 Å². The van der Waals surface area contributed by atoms with E-state index in [4.69, 9.17) is 11.6 Å². The van der Waals surface area contributed by atoms with Gasteiger partial charge in [-0.2, -0.15) is 0 Å². The van der Waals surface area contributed by atoms with Crippen LogP contribution in [0.5, 0.6) is 0 Å². The van der Waals surface area contributed by atoms with Crippen LogP contribution in [0, 0.1) is 0 Å². The molecule has 3 nitrogen and oxygen atoms in total. The Hall–Kier alpha value is -0.580. The normalized spacial score (nSPS) is 12.5. The van der Waals surface area contributed by atoms with Crippen LogP contribution >= 0.6 is 22.9 Å². The van der Waals surface area contributed by atoms with Gasteiger partial charge in [0.1, 0.15) is 0 Å². The molecule has 0 aliphatic heterocycles. The molecule has 78 valence electrons. The number of likely N-dealkylation sites (N-methyl/N-ethyl adjacent to an activating group) is 1. The molecule has 0 saturated heterocycles. The van der Waals surface area contributed by atoms with Gasteiger partial charge in [-0.1, -0.05) is 11.6 Å². The Bertz CT molecular complexity index is 314. The molecule has 1 atom stereocenters. The van der Waals surface area contributed by atoms with E-state index in [2.05, 4.69) is 10.6 Å². The molecule has 0 aromatic carbocycles. The summed E-state index contributed by atoms with van der Waals surface area (Å²) in [6.45, 7) is 2.62. The zero-order chi connectivity index (χ0) is 10.6. The van der Waals surface area contributed by atoms with Gasteiger partial charge in [0.05, 0.1) is 9.21 Å². The molecular formula is C9H13ClN2OS. The Morgan fingerprint density at radius 2 is 2.36 bits per heavy atom. The molecule has 0 spiro atoms. The molecule has 1 aromatic rings. The van der Waals surface area contributed by atoms with E-state index in [0.717, 1.165) is 0 Å². The first-order chi connectivity index (χ1) is 6.63. The minimum absolute atomic E-state index is 0.0657. The third-order valence-corrected chi connectivity index (χ3v) is 3.09. The first-order valence-corrected chi connectivity index (χ1v) is 5.53. The van der Waals surface area contributed by atoms with Crippen LogP contribution in [0.25, 0.3) is 0 Å². The van der Waals surface area contributed by atoms with Crippen molar-refractivity contribution >= 4 is 28.8 Å². The number of carbonyl (C=O) groups excluding carboxylic acids is 1. The standard InChI is InChI=1S/C9H13ClN2OS/c1-6(11-2)5-12-9(13)7-3-4-8(10)14-7/h3-4,6,11H,5H2,1-2H3,(H,12,13). The second-order valence-corrected chi connectivity index (χ2v) is 4.72. The van der Waals surface area contributed by atoms with Crippen molar-refractivity contribution in [2.45, 2.75) is 13.0 Å². The largest absolute Gasteiger partial charge is 0.350 e. The van der Waals surface area contributed by atoms with Crippen molar-refractivity contribution in [1.29, 1.82) is 0 Å². The van der Waals surface area contributed by atoms with Gasteiger partial charge in [-0.15, -0.1) is 11.3 Å². The Morgan fingerprint density at radius 3 is 2.86 bits per heavy atom. The van der Waals surface area contributed by atoms with Crippen LogP contribution in [0.15, 0.2) is 12.1 Å². The van der Waals surface area contributed by atoms with Crippen LogP contribution in [0.3, 0.4) is 0 Å². The van der Waals surface area contributed by atoms with E-state index in [1.54, 1.807) is 12.1 Å². The third kappa shape index (κ3) is 3.29. The summed E-state index contributed by atoms with van der Waals surface area (Å²) in [7, 11) is 1.86. The van der Waals surface area contributed by atoms with Gasteiger partial charge < -0.3 is 10.6 Å². The van der Waals surface area contributed by atoms with Crippen molar-refractivity contribution in [3.05, 3.63) is 21.3 Å². The lowest BCUT2D eigenvalue weighted by Gasteiger charge is -2.10. The fourth-order valence-electron chi connectivity index (χ4n) is 0.871. The Balaban J connectivity index is 2.43. The van der Waals surface area contributed by atoms with Crippen LogP contribution in [-0.4, -0.2) is 25.5 Å². The number of nitrogens with one attached hydrogen (secondary N) is 2. The maximum atomic E-state index is 11.5. The summed E-state index contributed by atoms with van der Waals surface area (Å²) in [6, 6.07) is 3.73. The van der Waals surface area contributed by atoms with Gasteiger partial charge in [0.25, 0.3) is 5.91 Å². The molecule has 5 heteroatoms. The molecule has 1 rings (SSSR count). The first kappa shape index (κ1) is 11.5. The smallest absolute Gasteiger partial charge is 0.261 e. The van der Waals surface area contributed by atoms with Gasteiger partial charge in [-0.25, -0.2) is 0 Å². The van der Waals surface area contributed by atoms with Gasteiger partial charge in [0, 0.05) is 12.6 Å². The summed E-state index contributed by atoms with van der Waals surface area (Å²) >= 11 is 7.01. The maximum absolute atomic E-state index is 11.5. The van der Waals surface area contributed by atoms with Crippen LogP contribution in [0.1, 0.15) is 16.6 Å². The highest BCUT2D eigenvalue weighted by molar-refractivity contribution is 7.17. The molecule has 1 aromatic heterocycles. The Morgan fingerprint density at radius 1 is 1.64 bits per heavy atom. The van der Waals surface area contributed by atoms with E-state index < -0.39 is 0 Å². The number of carbonyl (C=O) groups is 1. The van der Waals surface area contributed by atoms with Crippen molar-refractivity contribution in [3.63, 3.8) is 0 Å². The molecular weight excluding hydrogens is 220 g/mol. The lowest BCUT2D eigenvalue weighted by atomic mass is 10.3. The van der Waals surface area contributed by atoms with Crippen molar-refractivity contribution in [2.75, 3.05) is 13.6 Å². The molecule has 2 N–H and O–H groups in total. The second-order valence-electron chi connectivity index (χ2n) is 3.00. The van der Waals surface area contributed by atoms with Gasteiger partial charge >= 0.3 is 0 Å². The average molecular weight is 233 g/mol. The minimum Gasteiger partial charge on any atom is -0.350 e.